The van der Waals surface area contributed by atoms with Gasteiger partial charge >= 0.3 is 12.1 Å². The maximum atomic E-state index is 14.5. The van der Waals surface area contributed by atoms with Gasteiger partial charge in [0.15, 0.2) is 11.5 Å². The zero-order valence-electron chi connectivity index (χ0n) is 23.2. The fourth-order valence-corrected chi connectivity index (χ4v) is 5.11. The number of nitrogens with one attached hydrogen (secondary N) is 2. The number of alkyl halides is 3. The van der Waals surface area contributed by atoms with Gasteiger partial charge in [-0.3, -0.25) is 9.59 Å². The number of benzene rings is 2. The van der Waals surface area contributed by atoms with E-state index >= 15 is 0 Å². The largest absolute Gasteiger partial charge is 0.507 e. The van der Waals surface area contributed by atoms with Gasteiger partial charge in [0.25, 0.3) is 11.8 Å². The predicted molar refractivity (Wildman–Crippen MR) is 147 cm³/mol. The molecular weight excluding hydrogens is 586 g/mol. The summed E-state index contributed by atoms with van der Waals surface area (Å²) in [6, 6.07) is 6.65. The third-order valence-corrected chi connectivity index (χ3v) is 7.27. The van der Waals surface area contributed by atoms with Gasteiger partial charge < -0.3 is 20.5 Å². The summed E-state index contributed by atoms with van der Waals surface area (Å²) in [7, 11) is 0. The first-order valence-electron chi connectivity index (χ1n) is 13.3. The lowest BCUT2D eigenvalue weighted by Gasteiger charge is -2.16. The van der Waals surface area contributed by atoms with Gasteiger partial charge in [-0.2, -0.15) is 18.3 Å². The number of nitrogens with zero attached hydrogens (tertiary/aromatic N) is 3. The number of carbonyl (C=O) groups excluding carboxylic acids is 3. The van der Waals surface area contributed by atoms with Crippen LogP contribution in [0.5, 0.6) is 5.75 Å². The molecule has 10 nitrogen and oxygen atoms in total. The summed E-state index contributed by atoms with van der Waals surface area (Å²) in [5, 5.41) is 18.9. The van der Waals surface area contributed by atoms with Crippen molar-refractivity contribution in [1.29, 1.82) is 0 Å². The molecule has 2 amide bonds. The molecule has 0 saturated carbocycles. The van der Waals surface area contributed by atoms with Crippen LogP contribution in [0.3, 0.4) is 0 Å². The number of amides is 2. The van der Waals surface area contributed by atoms with Crippen molar-refractivity contribution in [2.45, 2.75) is 38.5 Å². The van der Waals surface area contributed by atoms with Crippen molar-refractivity contribution < 1.29 is 41.8 Å². The maximum Gasteiger partial charge on any atom is 0.419 e. The van der Waals surface area contributed by atoms with Crippen LogP contribution in [0, 0.1) is 12.7 Å². The molecule has 0 fully saturated rings. The van der Waals surface area contributed by atoms with E-state index in [0.717, 1.165) is 45.6 Å². The number of carbonyl (C=O) groups is 3. The Morgan fingerprint density at radius 2 is 1.95 bits per heavy atom. The Bertz CT molecular complexity index is 1820. The smallest absolute Gasteiger partial charge is 0.419 e. The fourth-order valence-electron chi connectivity index (χ4n) is 5.11. The number of fused-ring (bicyclic) bond motifs is 2. The normalized spacial score (nSPS) is 14.2. The zero-order chi connectivity index (χ0) is 31.8. The highest BCUT2D eigenvalue weighted by atomic mass is 19.4. The third kappa shape index (κ3) is 5.82. The van der Waals surface area contributed by atoms with E-state index in [2.05, 4.69) is 27.3 Å². The van der Waals surface area contributed by atoms with E-state index in [4.69, 9.17) is 4.74 Å². The van der Waals surface area contributed by atoms with E-state index in [-0.39, 0.29) is 35.8 Å². The number of hydrogen-bond acceptors (Lipinski definition) is 7. The number of phenols is 1. The Morgan fingerprint density at radius 1 is 1.18 bits per heavy atom. The number of esters is 1. The van der Waals surface area contributed by atoms with Crippen molar-refractivity contribution in [2.24, 2.45) is 0 Å². The number of ether oxygens (including phenoxy) is 1. The second kappa shape index (κ2) is 11.8. The standard InChI is InChI=1S/C30H25F4N5O5/c1-3-10-44-29(43)18-5-6-19-17(15(18)2)7-9-22(19)38-28(42)24-12-23(37-26-21(31)14-36-39(24)26)27(41)35-13-16-4-8-20(25(40)11-16)30(32,33)34/h3-6,8,11-12,14,22,40H,1,7,9-10,13H2,2H3,(H,35,41)(H,38,42)/t22-/m0/s1. The summed E-state index contributed by atoms with van der Waals surface area (Å²) in [6.45, 7) is 5.10. The quantitative estimate of drug-likeness (QED) is 0.151. The van der Waals surface area contributed by atoms with Crippen molar-refractivity contribution >= 4 is 23.4 Å². The molecule has 44 heavy (non-hydrogen) atoms. The summed E-state index contributed by atoms with van der Waals surface area (Å²) in [5.41, 5.74) is 0.837. The monoisotopic (exact) mass is 611 g/mol. The molecule has 0 unspecified atom stereocenters. The molecule has 5 rings (SSSR count). The number of aromatic nitrogens is 3. The van der Waals surface area contributed by atoms with Gasteiger partial charge in [0.05, 0.1) is 23.4 Å². The van der Waals surface area contributed by atoms with Crippen LogP contribution < -0.4 is 10.6 Å². The molecule has 1 aliphatic rings. The molecule has 14 heteroatoms. The highest BCUT2D eigenvalue weighted by Gasteiger charge is 2.34. The van der Waals surface area contributed by atoms with E-state index < -0.39 is 47.1 Å². The number of halogens is 4. The number of hydrogen-bond donors (Lipinski definition) is 3. The highest BCUT2D eigenvalue weighted by Crippen LogP contribution is 2.36. The molecule has 0 saturated heterocycles. The van der Waals surface area contributed by atoms with Crippen LogP contribution in [-0.4, -0.2) is 44.1 Å². The minimum absolute atomic E-state index is 0.0706. The summed E-state index contributed by atoms with van der Waals surface area (Å²) in [5.74, 6) is -3.90. The van der Waals surface area contributed by atoms with Crippen molar-refractivity contribution in [3.05, 3.63) is 106 Å². The lowest BCUT2D eigenvalue weighted by atomic mass is 9.98. The average Bonchev–Trinajstić information content (AvgIpc) is 3.57. The summed E-state index contributed by atoms with van der Waals surface area (Å²) < 4.78 is 59.4. The van der Waals surface area contributed by atoms with E-state index in [9.17, 15) is 37.1 Å². The topological polar surface area (TPSA) is 135 Å². The Morgan fingerprint density at radius 3 is 2.66 bits per heavy atom. The Balaban J connectivity index is 1.36. The van der Waals surface area contributed by atoms with Crippen LogP contribution in [0.25, 0.3) is 5.65 Å². The molecule has 3 N–H and O–H groups in total. The van der Waals surface area contributed by atoms with Crippen LogP contribution >= 0.6 is 0 Å². The van der Waals surface area contributed by atoms with Crippen molar-refractivity contribution in [1.82, 2.24) is 25.2 Å². The summed E-state index contributed by atoms with van der Waals surface area (Å²) >= 11 is 0. The number of aromatic hydroxyl groups is 1. The van der Waals surface area contributed by atoms with Crippen molar-refractivity contribution in [3.8, 4) is 5.75 Å². The Hall–Kier alpha value is -5.27. The minimum atomic E-state index is -4.75. The molecule has 1 aliphatic carbocycles. The first kappa shape index (κ1) is 30.2. The van der Waals surface area contributed by atoms with E-state index in [0.29, 0.717) is 24.5 Å². The van der Waals surface area contributed by atoms with Crippen molar-refractivity contribution in [3.63, 3.8) is 0 Å². The van der Waals surface area contributed by atoms with Gasteiger partial charge in [-0.05, 0) is 60.2 Å². The molecule has 1 atom stereocenters. The van der Waals surface area contributed by atoms with Crippen molar-refractivity contribution in [2.75, 3.05) is 6.61 Å². The van der Waals surface area contributed by atoms with Crippen LogP contribution in [0.2, 0.25) is 0 Å². The molecule has 0 bridgehead atoms. The van der Waals surface area contributed by atoms with Crippen LogP contribution in [0.15, 0.2) is 55.3 Å². The highest BCUT2D eigenvalue weighted by molar-refractivity contribution is 5.98. The molecule has 4 aromatic rings. The second-order valence-corrected chi connectivity index (χ2v) is 10.0. The first-order valence-corrected chi connectivity index (χ1v) is 13.3. The molecule has 0 aliphatic heterocycles. The maximum absolute atomic E-state index is 14.5. The SMILES string of the molecule is C=CCOC(=O)c1ccc2c(c1C)CC[C@@H]2NC(=O)c1cc(C(=O)NCc2ccc(C(F)(F)F)c(O)c2)nc2c(F)cnn12. The molecule has 0 radical (unpaired) electrons. The Kier molecular flexibility index (Phi) is 8.09. The van der Waals surface area contributed by atoms with Crippen LogP contribution in [0.4, 0.5) is 17.6 Å². The molecule has 2 heterocycles. The lowest BCUT2D eigenvalue weighted by molar-refractivity contribution is -0.138. The number of phenolic OH excluding ortho intramolecular Hbond substituents is 1. The van der Waals surface area contributed by atoms with E-state index in [1.807, 2.05) is 0 Å². The van der Waals surface area contributed by atoms with E-state index in [1.54, 1.807) is 19.1 Å². The van der Waals surface area contributed by atoms with Gasteiger partial charge in [-0.15, -0.1) is 0 Å². The van der Waals surface area contributed by atoms with E-state index in [1.165, 1.54) is 6.08 Å². The first-order chi connectivity index (χ1) is 20.9. The number of rotatable bonds is 8. The van der Waals surface area contributed by atoms with Crippen LogP contribution in [-0.2, 0) is 23.9 Å². The predicted octanol–water partition coefficient (Wildman–Crippen LogP) is 4.59. The van der Waals surface area contributed by atoms with Gasteiger partial charge in [0.2, 0.25) is 0 Å². The zero-order valence-corrected chi connectivity index (χ0v) is 23.2. The summed E-state index contributed by atoms with van der Waals surface area (Å²) in [4.78, 5) is 42.8. The minimum Gasteiger partial charge on any atom is -0.507 e. The van der Waals surface area contributed by atoms with Gasteiger partial charge in [0, 0.05) is 12.6 Å². The third-order valence-electron chi connectivity index (χ3n) is 7.27. The second-order valence-electron chi connectivity index (χ2n) is 10.0. The van der Waals surface area contributed by atoms with Crippen LogP contribution in [0.1, 0.15) is 71.6 Å². The average molecular weight is 612 g/mol. The molecule has 2 aromatic heterocycles. The molecule has 228 valence electrons. The lowest BCUT2D eigenvalue weighted by Crippen LogP contribution is -2.30. The van der Waals surface area contributed by atoms with Gasteiger partial charge in [-0.1, -0.05) is 24.8 Å². The molecule has 2 aromatic carbocycles. The van der Waals surface area contributed by atoms with Gasteiger partial charge in [0.1, 0.15) is 23.7 Å². The summed E-state index contributed by atoms with van der Waals surface area (Å²) in [6.07, 6.45) is -1.36. The molecule has 0 spiro atoms. The fraction of sp³-hybridized carbons (Fsp3) is 0.233. The molecular formula is C30H25F4N5O5. The Labute approximate surface area is 247 Å². The van der Waals surface area contributed by atoms with Gasteiger partial charge in [-0.25, -0.2) is 18.7 Å².